The second kappa shape index (κ2) is 4.80. The average Bonchev–Trinajstić information content (AvgIpc) is 2.85. The van der Waals surface area contributed by atoms with Crippen molar-refractivity contribution in [1.82, 2.24) is 19.3 Å². The second-order valence-electron chi connectivity index (χ2n) is 4.53. The van der Waals surface area contributed by atoms with Crippen LogP contribution in [-0.4, -0.2) is 26.4 Å². The first kappa shape index (κ1) is 12.4. The van der Waals surface area contributed by atoms with E-state index in [0.717, 1.165) is 11.3 Å². The van der Waals surface area contributed by atoms with Crippen LogP contribution in [0.15, 0.2) is 41.6 Å². The van der Waals surface area contributed by atoms with Gasteiger partial charge in [0.15, 0.2) is 5.65 Å². The molecule has 0 aliphatic heterocycles. The molecule has 0 unspecified atom stereocenters. The van der Waals surface area contributed by atoms with E-state index in [1.54, 1.807) is 35.9 Å². The quantitative estimate of drug-likeness (QED) is 0.717. The fraction of sp³-hybridized carbons (Fsp3) is 0.214. The molecule has 0 spiro atoms. The lowest BCUT2D eigenvalue weighted by Crippen LogP contribution is -2.21. The van der Waals surface area contributed by atoms with Gasteiger partial charge >= 0.3 is 0 Å². The van der Waals surface area contributed by atoms with E-state index in [1.165, 1.54) is 0 Å². The lowest BCUT2D eigenvalue weighted by atomic mass is 10.2. The molecule has 3 aromatic rings. The fourth-order valence-electron chi connectivity index (χ4n) is 2.11. The minimum Gasteiger partial charge on any atom is -0.497 e. The van der Waals surface area contributed by atoms with E-state index in [2.05, 4.69) is 10.1 Å². The third-order valence-corrected chi connectivity index (χ3v) is 3.23. The van der Waals surface area contributed by atoms with E-state index < -0.39 is 0 Å². The van der Waals surface area contributed by atoms with Crippen molar-refractivity contribution >= 4 is 11.0 Å². The summed E-state index contributed by atoms with van der Waals surface area (Å²) in [5, 5.41) is 4.58. The smallest absolute Gasteiger partial charge is 0.264 e. The van der Waals surface area contributed by atoms with Crippen LogP contribution in [0, 0.1) is 0 Å². The van der Waals surface area contributed by atoms with Crippen molar-refractivity contribution in [2.24, 2.45) is 7.05 Å². The van der Waals surface area contributed by atoms with Gasteiger partial charge in [-0.05, 0) is 17.7 Å². The van der Waals surface area contributed by atoms with Crippen molar-refractivity contribution in [2.75, 3.05) is 7.11 Å². The average molecular weight is 270 g/mol. The van der Waals surface area contributed by atoms with E-state index >= 15 is 0 Å². The summed E-state index contributed by atoms with van der Waals surface area (Å²) in [5.74, 6) is 0.793. The van der Waals surface area contributed by atoms with Gasteiger partial charge in [0, 0.05) is 7.05 Å². The SMILES string of the molecule is COc1ccc(Cn2cnc3c(cnn3C)c2=O)cc1. The first-order chi connectivity index (χ1) is 9.69. The normalized spacial score (nSPS) is 10.9. The molecule has 6 nitrogen and oxygen atoms in total. The number of hydrogen-bond donors (Lipinski definition) is 0. The molecule has 6 heteroatoms. The highest BCUT2D eigenvalue weighted by Gasteiger charge is 2.08. The molecule has 0 aliphatic rings. The molecule has 20 heavy (non-hydrogen) atoms. The maximum absolute atomic E-state index is 12.3. The van der Waals surface area contributed by atoms with Crippen LogP contribution in [0.3, 0.4) is 0 Å². The zero-order chi connectivity index (χ0) is 14.1. The first-order valence-electron chi connectivity index (χ1n) is 6.19. The van der Waals surface area contributed by atoms with Crippen molar-refractivity contribution in [3.05, 3.63) is 52.7 Å². The van der Waals surface area contributed by atoms with Crippen molar-refractivity contribution in [3.8, 4) is 5.75 Å². The van der Waals surface area contributed by atoms with Crippen LogP contribution < -0.4 is 10.3 Å². The highest BCUT2D eigenvalue weighted by Crippen LogP contribution is 2.12. The molecule has 0 radical (unpaired) electrons. The van der Waals surface area contributed by atoms with Gasteiger partial charge in [0.25, 0.3) is 5.56 Å². The zero-order valence-corrected chi connectivity index (χ0v) is 11.3. The number of aromatic nitrogens is 4. The van der Waals surface area contributed by atoms with Gasteiger partial charge in [-0.15, -0.1) is 0 Å². The molecule has 2 aromatic heterocycles. The Bertz CT molecular complexity index is 802. The van der Waals surface area contributed by atoms with Crippen LogP contribution in [-0.2, 0) is 13.6 Å². The summed E-state index contributed by atoms with van der Waals surface area (Å²) in [7, 11) is 3.39. The molecule has 0 fully saturated rings. The van der Waals surface area contributed by atoms with Gasteiger partial charge in [-0.3, -0.25) is 14.0 Å². The molecule has 2 heterocycles. The van der Waals surface area contributed by atoms with Crippen LogP contribution in [0.1, 0.15) is 5.56 Å². The summed E-state index contributed by atoms with van der Waals surface area (Å²) in [4.78, 5) is 16.6. The number of ether oxygens (including phenoxy) is 1. The summed E-state index contributed by atoms with van der Waals surface area (Å²) in [6.45, 7) is 0.473. The fourth-order valence-corrected chi connectivity index (χ4v) is 2.11. The lowest BCUT2D eigenvalue weighted by Gasteiger charge is -2.06. The van der Waals surface area contributed by atoms with E-state index in [4.69, 9.17) is 4.74 Å². The first-order valence-corrected chi connectivity index (χ1v) is 6.19. The summed E-state index contributed by atoms with van der Waals surface area (Å²) in [6, 6.07) is 7.60. The Morgan fingerprint density at radius 3 is 2.70 bits per heavy atom. The van der Waals surface area contributed by atoms with Crippen LogP contribution in [0.4, 0.5) is 0 Å². The largest absolute Gasteiger partial charge is 0.497 e. The van der Waals surface area contributed by atoms with Crippen LogP contribution in [0.5, 0.6) is 5.75 Å². The highest BCUT2D eigenvalue weighted by molar-refractivity contribution is 5.72. The summed E-state index contributed by atoms with van der Waals surface area (Å²) in [6.07, 6.45) is 3.10. The van der Waals surface area contributed by atoms with Crippen LogP contribution in [0.25, 0.3) is 11.0 Å². The van der Waals surface area contributed by atoms with Crippen molar-refractivity contribution in [3.63, 3.8) is 0 Å². The summed E-state index contributed by atoms with van der Waals surface area (Å²) in [5.41, 5.74) is 1.53. The molecule has 3 rings (SSSR count). The molecule has 0 aliphatic carbocycles. The Labute approximate surface area is 115 Å². The van der Waals surface area contributed by atoms with E-state index in [-0.39, 0.29) is 5.56 Å². The maximum Gasteiger partial charge on any atom is 0.264 e. The Balaban J connectivity index is 1.97. The Morgan fingerprint density at radius 2 is 2.00 bits per heavy atom. The number of rotatable bonds is 3. The molecule has 0 amide bonds. The lowest BCUT2D eigenvalue weighted by molar-refractivity contribution is 0.414. The monoisotopic (exact) mass is 270 g/mol. The second-order valence-corrected chi connectivity index (χ2v) is 4.53. The van der Waals surface area contributed by atoms with Gasteiger partial charge in [-0.2, -0.15) is 5.10 Å². The van der Waals surface area contributed by atoms with E-state index in [1.807, 2.05) is 24.3 Å². The number of hydrogen-bond acceptors (Lipinski definition) is 4. The minimum atomic E-state index is -0.0843. The van der Waals surface area contributed by atoms with Gasteiger partial charge in [0.05, 0.1) is 19.9 Å². The Morgan fingerprint density at radius 1 is 1.25 bits per heavy atom. The molecule has 0 N–H and O–H groups in total. The molecule has 1 aromatic carbocycles. The Kier molecular flexibility index (Phi) is 2.98. The molecule has 0 bridgehead atoms. The molecule has 0 saturated heterocycles. The third kappa shape index (κ3) is 2.05. The van der Waals surface area contributed by atoms with Crippen LogP contribution >= 0.6 is 0 Å². The van der Waals surface area contributed by atoms with Crippen molar-refractivity contribution < 1.29 is 4.74 Å². The maximum atomic E-state index is 12.3. The molecule has 102 valence electrons. The van der Waals surface area contributed by atoms with Gasteiger partial charge in [-0.1, -0.05) is 12.1 Å². The Hall–Kier alpha value is -2.63. The van der Waals surface area contributed by atoms with E-state index in [9.17, 15) is 4.79 Å². The molecule has 0 atom stereocenters. The molecular weight excluding hydrogens is 256 g/mol. The highest BCUT2D eigenvalue weighted by atomic mass is 16.5. The van der Waals surface area contributed by atoms with E-state index in [0.29, 0.717) is 17.6 Å². The number of nitrogens with zero attached hydrogens (tertiary/aromatic N) is 4. The van der Waals surface area contributed by atoms with Crippen LogP contribution in [0.2, 0.25) is 0 Å². The number of benzene rings is 1. The summed E-state index contributed by atoms with van der Waals surface area (Å²) >= 11 is 0. The van der Waals surface area contributed by atoms with Gasteiger partial charge < -0.3 is 4.74 Å². The topological polar surface area (TPSA) is 61.9 Å². The standard InChI is InChI=1S/C14H14N4O2/c1-17-13-12(7-16-17)14(19)18(9-15-13)8-10-3-5-11(20-2)6-4-10/h3-7,9H,8H2,1-2H3. The van der Waals surface area contributed by atoms with Gasteiger partial charge in [0.1, 0.15) is 17.5 Å². The molecular formula is C14H14N4O2. The van der Waals surface area contributed by atoms with Crippen molar-refractivity contribution in [2.45, 2.75) is 6.54 Å². The number of methoxy groups -OCH3 is 1. The minimum absolute atomic E-state index is 0.0843. The number of fused-ring (bicyclic) bond motifs is 1. The number of aryl methyl sites for hydroxylation is 1. The van der Waals surface area contributed by atoms with Crippen molar-refractivity contribution in [1.29, 1.82) is 0 Å². The molecule has 0 saturated carbocycles. The summed E-state index contributed by atoms with van der Waals surface area (Å²) < 4.78 is 8.28. The zero-order valence-electron chi connectivity index (χ0n) is 11.3. The van der Waals surface area contributed by atoms with Gasteiger partial charge in [0.2, 0.25) is 0 Å². The predicted molar refractivity (Wildman–Crippen MR) is 74.9 cm³/mol. The van der Waals surface area contributed by atoms with Gasteiger partial charge in [-0.25, -0.2) is 4.98 Å². The third-order valence-electron chi connectivity index (χ3n) is 3.23. The predicted octanol–water partition coefficient (Wildman–Crippen LogP) is 1.19.